The topological polar surface area (TPSA) is 54.7 Å². The second-order valence-electron chi connectivity index (χ2n) is 7.83. The van der Waals surface area contributed by atoms with Gasteiger partial charge in [-0.15, -0.1) is 0 Å². The molecule has 0 aliphatic rings. The Morgan fingerprint density at radius 3 is 1.76 bits per heavy atom. The zero-order chi connectivity index (χ0) is 24.4. The largest absolute Gasteiger partial charge is 0.493 e. The molecule has 0 saturated heterocycles. The van der Waals surface area contributed by atoms with E-state index < -0.39 is 0 Å². The maximum atomic E-state index is 7.03. The monoisotopic (exact) mass is 478 g/mol. The highest BCUT2D eigenvalue weighted by Gasteiger charge is 2.22. The highest BCUT2D eigenvalue weighted by Crippen LogP contribution is 2.42. The Morgan fingerprint density at radius 1 is 0.647 bits per heavy atom. The van der Waals surface area contributed by atoms with Gasteiger partial charge in [0.2, 0.25) is 0 Å². The first-order chi connectivity index (χ1) is 16.4. The normalized spacial score (nSPS) is 10.8. The van der Waals surface area contributed by atoms with Crippen molar-refractivity contribution in [2.45, 2.75) is 13.8 Å². The molecule has 6 nitrogen and oxygen atoms in total. The van der Waals surface area contributed by atoms with Crippen molar-refractivity contribution in [2.24, 2.45) is 0 Å². The van der Waals surface area contributed by atoms with E-state index in [2.05, 4.69) is 26.0 Å². The number of methoxy groups -OCH3 is 4. The molecule has 0 saturated carbocycles. The molecule has 0 bridgehead atoms. The number of benzene rings is 3. The van der Waals surface area contributed by atoms with Gasteiger partial charge in [0.1, 0.15) is 5.69 Å². The van der Waals surface area contributed by atoms with E-state index in [4.69, 9.17) is 35.6 Å². The Morgan fingerprint density at radius 2 is 1.21 bits per heavy atom. The van der Waals surface area contributed by atoms with Gasteiger partial charge in [0.15, 0.2) is 23.0 Å². The summed E-state index contributed by atoms with van der Waals surface area (Å²) in [5.41, 5.74) is 6.31. The van der Waals surface area contributed by atoms with Gasteiger partial charge >= 0.3 is 0 Å². The Balaban J connectivity index is 1.98. The average molecular weight is 479 g/mol. The molecule has 0 aliphatic heterocycles. The molecule has 0 N–H and O–H groups in total. The first-order valence-corrected chi connectivity index (χ1v) is 11.1. The molecular weight excluding hydrogens is 452 g/mol. The summed E-state index contributed by atoms with van der Waals surface area (Å²) in [6.45, 7) is 4.16. The molecule has 4 aromatic rings. The van der Waals surface area contributed by atoms with Crippen LogP contribution in [-0.2, 0) is 0 Å². The van der Waals surface area contributed by atoms with Crippen LogP contribution in [0.2, 0.25) is 5.02 Å². The van der Waals surface area contributed by atoms with Crippen LogP contribution in [0.15, 0.2) is 54.6 Å². The molecule has 0 spiro atoms. The van der Waals surface area contributed by atoms with Gasteiger partial charge in [-0.05, 0) is 73.5 Å². The van der Waals surface area contributed by atoms with E-state index in [1.54, 1.807) is 28.4 Å². The number of rotatable bonds is 7. The SMILES string of the molecule is COc1ccc(-c2nn(-c3ccc(C)c(C)c3)c(-c3ccc(OC)c(OC)c3)c2Cl)cc1OC. The molecule has 0 radical (unpaired) electrons. The standard InChI is InChI=1S/C27H27ClN2O4/c1-16-7-10-20(13-17(16)2)30-27(19-9-12-22(32-4)24(15-19)34-6)25(28)26(29-30)18-8-11-21(31-3)23(14-18)33-5/h7-15H,1-6H3. The number of aryl methyl sites for hydroxylation is 2. The van der Waals surface area contributed by atoms with Crippen LogP contribution in [0, 0.1) is 13.8 Å². The van der Waals surface area contributed by atoms with E-state index in [-0.39, 0.29) is 0 Å². The summed E-state index contributed by atoms with van der Waals surface area (Å²) >= 11 is 7.03. The molecule has 4 rings (SSSR count). The molecule has 0 amide bonds. The quantitative estimate of drug-likeness (QED) is 0.303. The van der Waals surface area contributed by atoms with Crippen LogP contribution < -0.4 is 18.9 Å². The van der Waals surface area contributed by atoms with Gasteiger partial charge in [-0.3, -0.25) is 0 Å². The van der Waals surface area contributed by atoms with Gasteiger partial charge in [0, 0.05) is 11.1 Å². The first kappa shape index (κ1) is 23.5. The molecule has 176 valence electrons. The zero-order valence-corrected chi connectivity index (χ0v) is 20.9. The van der Waals surface area contributed by atoms with Crippen molar-refractivity contribution in [3.05, 3.63) is 70.7 Å². The minimum atomic E-state index is 0.512. The molecule has 0 unspecified atom stereocenters. The fourth-order valence-corrected chi connectivity index (χ4v) is 4.18. The summed E-state index contributed by atoms with van der Waals surface area (Å²) in [5.74, 6) is 2.48. The fraction of sp³-hybridized carbons (Fsp3) is 0.222. The van der Waals surface area contributed by atoms with Crippen LogP contribution in [-0.4, -0.2) is 38.2 Å². The Hall–Kier alpha value is -3.64. The van der Waals surface area contributed by atoms with Crippen LogP contribution >= 0.6 is 11.6 Å². The molecule has 0 fully saturated rings. The summed E-state index contributed by atoms with van der Waals surface area (Å²) in [7, 11) is 6.43. The van der Waals surface area contributed by atoms with E-state index >= 15 is 0 Å². The van der Waals surface area contributed by atoms with E-state index in [1.807, 2.05) is 47.1 Å². The van der Waals surface area contributed by atoms with Crippen LogP contribution in [0.4, 0.5) is 0 Å². The molecule has 34 heavy (non-hydrogen) atoms. The van der Waals surface area contributed by atoms with Gasteiger partial charge in [0.25, 0.3) is 0 Å². The molecule has 1 heterocycles. The predicted octanol–water partition coefficient (Wildman–Crippen LogP) is 6.51. The minimum Gasteiger partial charge on any atom is -0.493 e. The molecule has 7 heteroatoms. The Kier molecular flexibility index (Phi) is 6.70. The molecular formula is C27H27ClN2O4. The van der Waals surface area contributed by atoms with Crippen molar-refractivity contribution in [3.8, 4) is 51.2 Å². The number of halogens is 1. The number of hydrogen-bond acceptors (Lipinski definition) is 5. The van der Waals surface area contributed by atoms with E-state index in [0.29, 0.717) is 33.7 Å². The molecule has 0 aliphatic carbocycles. The Bertz CT molecular complexity index is 1350. The fourth-order valence-electron chi connectivity index (χ4n) is 3.84. The van der Waals surface area contributed by atoms with Gasteiger partial charge in [-0.2, -0.15) is 5.10 Å². The minimum absolute atomic E-state index is 0.512. The van der Waals surface area contributed by atoms with Crippen molar-refractivity contribution < 1.29 is 18.9 Å². The molecule has 1 aromatic heterocycles. The number of ether oxygens (including phenoxy) is 4. The summed E-state index contributed by atoms with van der Waals surface area (Å²) in [4.78, 5) is 0. The number of nitrogens with zero attached hydrogens (tertiary/aromatic N) is 2. The summed E-state index contributed by atoms with van der Waals surface area (Å²) in [6, 6.07) is 17.5. The van der Waals surface area contributed by atoms with E-state index in [1.165, 1.54) is 5.56 Å². The smallest absolute Gasteiger partial charge is 0.161 e. The predicted molar refractivity (Wildman–Crippen MR) is 135 cm³/mol. The van der Waals surface area contributed by atoms with Crippen molar-refractivity contribution in [3.63, 3.8) is 0 Å². The first-order valence-electron chi connectivity index (χ1n) is 10.7. The third-order valence-corrected chi connectivity index (χ3v) is 6.23. The lowest BCUT2D eigenvalue weighted by Gasteiger charge is -2.13. The average Bonchev–Trinajstić information content (AvgIpc) is 3.21. The highest BCUT2D eigenvalue weighted by molar-refractivity contribution is 6.35. The van der Waals surface area contributed by atoms with Crippen LogP contribution in [0.1, 0.15) is 11.1 Å². The summed E-state index contributed by atoms with van der Waals surface area (Å²) in [6.07, 6.45) is 0. The second-order valence-corrected chi connectivity index (χ2v) is 8.21. The third kappa shape index (κ3) is 4.17. The summed E-state index contributed by atoms with van der Waals surface area (Å²) < 4.78 is 23.7. The van der Waals surface area contributed by atoms with Crippen molar-refractivity contribution >= 4 is 11.6 Å². The van der Waals surface area contributed by atoms with Gasteiger partial charge in [-0.25, -0.2) is 4.68 Å². The van der Waals surface area contributed by atoms with Gasteiger partial charge in [-0.1, -0.05) is 17.7 Å². The number of aromatic nitrogens is 2. The lowest BCUT2D eigenvalue weighted by molar-refractivity contribution is 0.355. The van der Waals surface area contributed by atoms with Crippen LogP contribution in [0.5, 0.6) is 23.0 Å². The number of hydrogen-bond donors (Lipinski definition) is 0. The zero-order valence-electron chi connectivity index (χ0n) is 20.1. The van der Waals surface area contributed by atoms with Crippen molar-refractivity contribution in [2.75, 3.05) is 28.4 Å². The van der Waals surface area contributed by atoms with Gasteiger partial charge in [0.05, 0.1) is 44.8 Å². The maximum Gasteiger partial charge on any atom is 0.161 e. The highest BCUT2D eigenvalue weighted by atomic mass is 35.5. The van der Waals surface area contributed by atoms with Crippen LogP contribution in [0.3, 0.4) is 0 Å². The lowest BCUT2D eigenvalue weighted by atomic mass is 10.1. The van der Waals surface area contributed by atoms with Crippen molar-refractivity contribution in [1.29, 1.82) is 0 Å². The molecule has 3 aromatic carbocycles. The van der Waals surface area contributed by atoms with E-state index in [0.717, 1.165) is 28.1 Å². The third-order valence-electron chi connectivity index (χ3n) is 5.88. The Labute approximate surface area is 204 Å². The van der Waals surface area contributed by atoms with Crippen molar-refractivity contribution in [1.82, 2.24) is 9.78 Å². The molecule has 0 atom stereocenters. The lowest BCUT2D eigenvalue weighted by Crippen LogP contribution is -2.01. The summed E-state index contributed by atoms with van der Waals surface area (Å²) in [5, 5.41) is 5.45. The van der Waals surface area contributed by atoms with Gasteiger partial charge < -0.3 is 18.9 Å². The van der Waals surface area contributed by atoms with E-state index in [9.17, 15) is 0 Å². The maximum absolute atomic E-state index is 7.03. The second kappa shape index (κ2) is 9.69. The van der Waals surface area contributed by atoms with Crippen LogP contribution in [0.25, 0.3) is 28.2 Å².